The Hall–Kier alpha value is -2.97. The molecule has 0 saturated heterocycles. The third kappa shape index (κ3) is 4.52. The molecule has 0 atom stereocenters. The molecule has 0 fully saturated rings. The molecule has 9 heteroatoms. The number of nitrogens with one attached hydrogen (secondary N) is 2. The van der Waals surface area contributed by atoms with E-state index in [2.05, 4.69) is 20.4 Å². The molecule has 0 aliphatic heterocycles. The number of rotatable bonds is 7. The second-order valence-electron chi connectivity index (χ2n) is 5.66. The number of carboxylic acid groups (broad SMARTS) is 1. The molecule has 25 heavy (non-hydrogen) atoms. The van der Waals surface area contributed by atoms with Gasteiger partial charge in [-0.3, -0.25) is 14.6 Å². The Morgan fingerprint density at radius 2 is 2.04 bits per heavy atom. The highest BCUT2D eigenvalue weighted by Gasteiger charge is 2.14. The molecule has 0 saturated carbocycles. The first-order valence-electron chi connectivity index (χ1n) is 7.98. The molecule has 2 aromatic heterocycles. The number of carbonyl (C=O) groups is 2. The number of aliphatic carboxylic acids is 1. The maximum absolute atomic E-state index is 12.1. The first-order chi connectivity index (χ1) is 11.8. The Morgan fingerprint density at radius 1 is 1.32 bits per heavy atom. The quantitative estimate of drug-likeness (QED) is 0.724. The van der Waals surface area contributed by atoms with Crippen molar-refractivity contribution in [1.29, 1.82) is 0 Å². The maximum Gasteiger partial charge on any atom is 0.255 e. The Balaban J connectivity index is 2.25. The monoisotopic (exact) mass is 346 g/mol. The minimum Gasteiger partial charge on any atom is -0.550 e. The lowest BCUT2D eigenvalue weighted by Gasteiger charge is -2.10. The molecule has 1 amide bonds. The van der Waals surface area contributed by atoms with E-state index in [-0.39, 0.29) is 36.7 Å². The molecule has 0 bridgehead atoms. The van der Waals surface area contributed by atoms with Gasteiger partial charge in [-0.1, -0.05) is 6.92 Å². The first-order valence-corrected chi connectivity index (χ1v) is 7.98. The van der Waals surface area contributed by atoms with Crippen molar-refractivity contribution in [1.82, 2.24) is 19.7 Å². The van der Waals surface area contributed by atoms with E-state index < -0.39 is 5.97 Å². The standard InChI is InChI=1S/C16H21N5O4/c1-4-11-10(3)17-16(19-15(11)25)21-12(8-9(2)20-21)18-13(22)6-5-7-14(23)24/h8H,4-7H2,1-3H3,(H,18,22)(H,23,24)(H,17,19,25)/p-1. The molecule has 0 aliphatic carbocycles. The zero-order valence-corrected chi connectivity index (χ0v) is 14.4. The number of hydrogen-bond acceptors (Lipinski definition) is 6. The number of nitrogens with zero attached hydrogens (tertiary/aromatic N) is 3. The third-order valence-corrected chi connectivity index (χ3v) is 3.65. The number of hydrogen-bond donors (Lipinski definition) is 2. The lowest BCUT2D eigenvalue weighted by molar-refractivity contribution is -0.305. The molecule has 0 aliphatic rings. The van der Waals surface area contributed by atoms with Gasteiger partial charge < -0.3 is 15.2 Å². The van der Waals surface area contributed by atoms with Crippen LogP contribution in [0.5, 0.6) is 0 Å². The van der Waals surface area contributed by atoms with Gasteiger partial charge in [-0.15, -0.1) is 0 Å². The summed E-state index contributed by atoms with van der Waals surface area (Å²) in [6.07, 6.45) is 0.601. The summed E-state index contributed by atoms with van der Waals surface area (Å²) < 4.78 is 1.35. The van der Waals surface area contributed by atoms with Crippen molar-refractivity contribution in [2.45, 2.75) is 46.5 Å². The summed E-state index contributed by atoms with van der Waals surface area (Å²) in [6.45, 7) is 5.36. The number of carbonyl (C=O) groups excluding carboxylic acids is 2. The van der Waals surface area contributed by atoms with E-state index in [0.29, 0.717) is 29.2 Å². The van der Waals surface area contributed by atoms with Gasteiger partial charge in [-0.25, -0.2) is 4.98 Å². The van der Waals surface area contributed by atoms with Gasteiger partial charge in [0.1, 0.15) is 5.82 Å². The molecule has 134 valence electrons. The smallest absolute Gasteiger partial charge is 0.255 e. The highest BCUT2D eigenvalue weighted by Crippen LogP contribution is 2.15. The second kappa shape index (κ2) is 7.73. The summed E-state index contributed by atoms with van der Waals surface area (Å²) in [4.78, 5) is 41.5. The van der Waals surface area contributed by atoms with E-state index >= 15 is 0 Å². The SMILES string of the molecule is CCc1c(C)nc(-n2nc(C)cc2NC(=O)CCCC(=O)[O-])[nH]c1=O. The van der Waals surface area contributed by atoms with E-state index in [0.717, 1.165) is 0 Å². The predicted octanol–water partition coefficient (Wildman–Crippen LogP) is -0.00646. The summed E-state index contributed by atoms with van der Waals surface area (Å²) in [5.41, 5.74) is 1.58. The number of aromatic amines is 1. The van der Waals surface area contributed by atoms with Gasteiger partial charge in [0.2, 0.25) is 11.9 Å². The number of H-pyrrole nitrogens is 1. The fourth-order valence-corrected chi connectivity index (χ4v) is 2.46. The topological polar surface area (TPSA) is 133 Å². The zero-order valence-electron chi connectivity index (χ0n) is 14.4. The minimum absolute atomic E-state index is 0.0377. The van der Waals surface area contributed by atoms with Crippen LogP contribution in [0.15, 0.2) is 10.9 Å². The molecule has 9 nitrogen and oxygen atoms in total. The van der Waals surface area contributed by atoms with Gasteiger partial charge in [0.25, 0.3) is 5.56 Å². The summed E-state index contributed by atoms with van der Waals surface area (Å²) >= 11 is 0. The van der Waals surface area contributed by atoms with Crippen molar-refractivity contribution >= 4 is 17.7 Å². The van der Waals surface area contributed by atoms with Gasteiger partial charge in [0, 0.05) is 29.7 Å². The van der Waals surface area contributed by atoms with Crippen molar-refractivity contribution < 1.29 is 14.7 Å². The largest absolute Gasteiger partial charge is 0.550 e. The van der Waals surface area contributed by atoms with Gasteiger partial charge in [0.15, 0.2) is 0 Å². The van der Waals surface area contributed by atoms with Gasteiger partial charge in [0.05, 0.1) is 5.69 Å². The van der Waals surface area contributed by atoms with Gasteiger partial charge in [-0.05, 0) is 33.1 Å². The number of aryl methyl sites for hydroxylation is 2. The van der Waals surface area contributed by atoms with Crippen LogP contribution in [0.25, 0.3) is 5.95 Å². The number of amides is 1. The van der Waals surface area contributed by atoms with E-state index in [9.17, 15) is 19.5 Å². The predicted molar refractivity (Wildman–Crippen MR) is 88.3 cm³/mol. The van der Waals surface area contributed by atoms with E-state index in [1.165, 1.54) is 4.68 Å². The molecule has 0 radical (unpaired) electrons. The summed E-state index contributed by atoms with van der Waals surface area (Å²) in [5.74, 6) is -0.991. The number of anilines is 1. The van der Waals surface area contributed by atoms with Crippen LogP contribution in [-0.4, -0.2) is 31.6 Å². The molecule has 2 N–H and O–H groups in total. The van der Waals surface area contributed by atoms with Crippen LogP contribution in [-0.2, 0) is 16.0 Å². The first kappa shape index (κ1) is 18.4. The van der Waals surface area contributed by atoms with Crippen LogP contribution in [0.4, 0.5) is 5.82 Å². The normalized spacial score (nSPS) is 10.7. The van der Waals surface area contributed by atoms with Gasteiger partial charge in [-0.2, -0.15) is 9.78 Å². The Labute approximate surface area is 144 Å². The highest BCUT2D eigenvalue weighted by atomic mass is 16.4. The molecule has 2 heterocycles. The highest BCUT2D eigenvalue weighted by molar-refractivity contribution is 5.90. The summed E-state index contributed by atoms with van der Waals surface area (Å²) in [5, 5.41) is 17.3. The molecule has 2 aromatic rings. The number of carboxylic acids is 1. The summed E-state index contributed by atoms with van der Waals surface area (Å²) in [7, 11) is 0. The third-order valence-electron chi connectivity index (χ3n) is 3.65. The average Bonchev–Trinajstić information content (AvgIpc) is 2.87. The van der Waals surface area contributed by atoms with Crippen LogP contribution in [0, 0.1) is 13.8 Å². The molecule has 0 aromatic carbocycles. The Morgan fingerprint density at radius 3 is 2.64 bits per heavy atom. The van der Waals surface area contributed by atoms with Crippen LogP contribution >= 0.6 is 0 Å². The van der Waals surface area contributed by atoms with Crippen LogP contribution < -0.4 is 16.0 Å². The lowest BCUT2D eigenvalue weighted by atomic mass is 10.2. The van der Waals surface area contributed by atoms with E-state index in [1.54, 1.807) is 19.9 Å². The van der Waals surface area contributed by atoms with Crippen LogP contribution in [0.1, 0.15) is 43.1 Å². The molecular formula is C16H20N5O4-. The summed E-state index contributed by atoms with van der Waals surface area (Å²) in [6, 6.07) is 1.64. The Kier molecular flexibility index (Phi) is 5.68. The molecule has 2 rings (SSSR count). The molecular weight excluding hydrogens is 326 g/mol. The number of aromatic nitrogens is 4. The minimum atomic E-state index is -1.19. The van der Waals surface area contributed by atoms with Crippen molar-refractivity contribution in [3.63, 3.8) is 0 Å². The fourth-order valence-electron chi connectivity index (χ4n) is 2.46. The maximum atomic E-state index is 12.1. The van der Waals surface area contributed by atoms with Crippen molar-refractivity contribution in [2.24, 2.45) is 0 Å². The fraction of sp³-hybridized carbons (Fsp3) is 0.438. The van der Waals surface area contributed by atoms with Crippen molar-refractivity contribution in [3.05, 3.63) is 33.4 Å². The van der Waals surface area contributed by atoms with E-state index in [4.69, 9.17) is 0 Å². The second-order valence-corrected chi connectivity index (χ2v) is 5.66. The average molecular weight is 346 g/mol. The van der Waals surface area contributed by atoms with Crippen LogP contribution in [0.2, 0.25) is 0 Å². The van der Waals surface area contributed by atoms with E-state index in [1.807, 2.05) is 6.92 Å². The van der Waals surface area contributed by atoms with Gasteiger partial charge >= 0.3 is 0 Å². The lowest BCUT2D eigenvalue weighted by Crippen LogP contribution is -2.23. The zero-order chi connectivity index (χ0) is 18.6. The molecule has 0 spiro atoms. The van der Waals surface area contributed by atoms with Crippen molar-refractivity contribution in [2.75, 3.05) is 5.32 Å². The molecule has 0 unspecified atom stereocenters. The van der Waals surface area contributed by atoms with Crippen molar-refractivity contribution in [3.8, 4) is 5.95 Å². The van der Waals surface area contributed by atoms with Crippen LogP contribution in [0.3, 0.4) is 0 Å². The Bertz CT molecular complexity index is 853.